The molecule has 2 aromatic carbocycles. The lowest BCUT2D eigenvalue weighted by Crippen LogP contribution is -2.39. The van der Waals surface area contributed by atoms with Gasteiger partial charge in [0.05, 0.1) is 29.6 Å². The Balaban J connectivity index is 0.000000681. The van der Waals surface area contributed by atoms with Crippen molar-refractivity contribution in [3.05, 3.63) is 51.1 Å². The molecular weight excluding hydrogens is 522 g/mol. The van der Waals surface area contributed by atoms with Crippen LogP contribution in [0.4, 0.5) is 0 Å². The SMILES string of the molecule is CC(C)(C)O.Cc1c(-c2c(C)c3c(c(C)c2CC(=O)O)CCN(S(=O)C2CCCCC2)C3)ccc2c1CCCO2. The van der Waals surface area contributed by atoms with E-state index in [9.17, 15) is 14.1 Å². The average Bonchev–Trinajstić information content (AvgIpc) is 2.91. The Bertz CT molecular complexity index is 1270. The van der Waals surface area contributed by atoms with Gasteiger partial charge in [-0.25, -0.2) is 8.51 Å². The highest BCUT2D eigenvalue weighted by molar-refractivity contribution is 7.83. The van der Waals surface area contributed by atoms with E-state index >= 15 is 0 Å². The predicted octanol–water partition coefficient (Wildman–Crippen LogP) is 6.36. The van der Waals surface area contributed by atoms with Crippen LogP contribution in [0.25, 0.3) is 11.1 Å². The van der Waals surface area contributed by atoms with Gasteiger partial charge in [-0.15, -0.1) is 0 Å². The van der Waals surface area contributed by atoms with Crippen molar-refractivity contribution in [3.63, 3.8) is 0 Å². The summed E-state index contributed by atoms with van der Waals surface area (Å²) in [6, 6.07) is 4.17. The van der Waals surface area contributed by atoms with Crippen LogP contribution in [0.3, 0.4) is 0 Å². The summed E-state index contributed by atoms with van der Waals surface area (Å²) in [6.45, 7) is 13.8. The molecule has 0 aromatic heterocycles. The van der Waals surface area contributed by atoms with E-state index in [2.05, 4.69) is 37.2 Å². The smallest absolute Gasteiger partial charge is 0.307 e. The Hall–Kier alpha value is -2.22. The second-order valence-corrected chi connectivity index (χ2v) is 14.4. The zero-order chi connectivity index (χ0) is 29.2. The van der Waals surface area contributed by atoms with Crippen molar-refractivity contribution < 1.29 is 24.0 Å². The van der Waals surface area contributed by atoms with E-state index in [4.69, 9.17) is 9.84 Å². The van der Waals surface area contributed by atoms with E-state index in [0.29, 0.717) is 6.54 Å². The summed E-state index contributed by atoms with van der Waals surface area (Å²) in [5.41, 5.74) is 9.77. The standard InChI is InChI=1S/C29H37NO4S.C4H10O/c1-18-22-13-14-30(35(33)21-8-5-4-6-9-21)17-26(22)20(3)29(25(18)16-28(31)32)24-11-12-27-23(19(24)2)10-7-15-34-27;1-4(2,3)5/h11-12,21H,4-10,13-17H2,1-3H3,(H,31,32);5H,1-3H3. The quantitative estimate of drug-likeness (QED) is 0.437. The van der Waals surface area contributed by atoms with Crippen LogP contribution < -0.4 is 4.74 Å². The van der Waals surface area contributed by atoms with E-state index in [0.717, 1.165) is 78.8 Å². The summed E-state index contributed by atoms with van der Waals surface area (Å²) in [5, 5.41) is 18.6. The molecule has 0 radical (unpaired) electrons. The van der Waals surface area contributed by atoms with Crippen LogP contribution >= 0.6 is 0 Å². The predicted molar refractivity (Wildman–Crippen MR) is 162 cm³/mol. The lowest BCUT2D eigenvalue weighted by atomic mass is 9.79. The second-order valence-electron chi connectivity index (χ2n) is 12.6. The summed E-state index contributed by atoms with van der Waals surface area (Å²) in [6.07, 6.45) is 8.58. The monoisotopic (exact) mass is 569 g/mol. The van der Waals surface area contributed by atoms with Gasteiger partial charge in [0.1, 0.15) is 5.75 Å². The number of aliphatic carboxylic acids is 1. The molecule has 5 rings (SSSR count). The van der Waals surface area contributed by atoms with Crippen LogP contribution in [0.1, 0.15) is 98.2 Å². The summed E-state index contributed by atoms with van der Waals surface area (Å²) >= 11 is 0. The number of rotatable bonds is 5. The van der Waals surface area contributed by atoms with Crippen LogP contribution in [-0.2, 0) is 41.6 Å². The number of ether oxygens (including phenoxy) is 1. The van der Waals surface area contributed by atoms with Gasteiger partial charge in [-0.1, -0.05) is 25.3 Å². The van der Waals surface area contributed by atoms with Crippen LogP contribution in [0.2, 0.25) is 0 Å². The first kappa shape index (κ1) is 30.7. The van der Waals surface area contributed by atoms with Crippen molar-refractivity contribution in [1.29, 1.82) is 0 Å². The number of carboxylic acids is 1. The van der Waals surface area contributed by atoms with Gasteiger partial charge in [-0.05, 0) is 130 Å². The molecule has 1 saturated carbocycles. The third-order valence-electron chi connectivity index (χ3n) is 8.42. The Morgan fingerprint density at radius 3 is 2.30 bits per heavy atom. The van der Waals surface area contributed by atoms with Crippen molar-refractivity contribution in [1.82, 2.24) is 4.31 Å². The second kappa shape index (κ2) is 12.7. The van der Waals surface area contributed by atoms with Gasteiger partial charge in [-0.3, -0.25) is 4.79 Å². The molecule has 7 heteroatoms. The maximum Gasteiger partial charge on any atom is 0.307 e. The molecule has 2 aromatic rings. The number of carboxylic acid groups (broad SMARTS) is 1. The summed E-state index contributed by atoms with van der Waals surface area (Å²) in [4.78, 5) is 11.9. The molecule has 1 atom stereocenters. The van der Waals surface area contributed by atoms with E-state index in [1.54, 1.807) is 20.8 Å². The summed E-state index contributed by atoms with van der Waals surface area (Å²) < 4.78 is 21.6. The van der Waals surface area contributed by atoms with Gasteiger partial charge in [0, 0.05) is 18.3 Å². The van der Waals surface area contributed by atoms with Crippen molar-refractivity contribution in [2.75, 3.05) is 13.2 Å². The largest absolute Gasteiger partial charge is 0.493 e. The fraction of sp³-hybridized carbons (Fsp3) is 0.606. The van der Waals surface area contributed by atoms with Crippen LogP contribution in [0.15, 0.2) is 12.1 Å². The fourth-order valence-electron chi connectivity index (χ4n) is 6.49. The van der Waals surface area contributed by atoms with E-state index in [-0.39, 0.29) is 11.7 Å². The Morgan fingerprint density at radius 2 is 1.65 bits per heavy atom. The van der Waals surface area contributed by atoms with Gasteiger partial charge in [0.2, 0.25) is 0 Å². The fourth-order valence-corrected chi connectivity index (χ4v) is 8.18. The van der Waals surface area contributed by atoms with Gasteiger partial charge in [-0.2, -0.15) is 0 Å². The highest BCUT2D eigenvalue weighted by atomic mass is 32.2. The molecule has 0 saturated heterocycles. The molecule has 1 unspecified atom stereocenters. The molecule has 1 fully saturated rings. The summed E-state index contributed by atoms with van der Waals surface area (Å²) in [7, 11) is -0.964. The third-order valence-corrected chi connectivity index (χ3v) is 10.3. The first-order chi connectivity index (χ1) is 18.9. The molecule has 40 heavy (non-hydrogen) atoms. The first-order valence-corrected chi connectivity index (χ1v) is 16.0. The lowest BCUT2D eigenvalue weighted by molar-refractivity contribution is -0.136. The topological polar surface area (TPSA) is 87.1 Å². The van der Waals surface area contributed by atoms with Crippen LogP contribution in [0.5, 0.6) is 5.75 Å². The zero-order valence-electron chi connectivity index (χ0n) is 25.2. The maximum atomic E-state index is 13.5. The zero-order valence-corrected chi connectivity index (χ0v) is 26.0. The van der Waals surface area contributed by atoms with Gasteiger partial charge < -0.3 is 14.9 Å². The molecule has 2 aliphatic heterocycles. The minimum Gasteiger partial charge on any atom is -0.493 e. The Morgan fingerprint density at radius 1 is 0.975 bits per heavy atom. The van der Waals surface area contributed by atoms with E-state index in [1.807, 2.05) is 0 Å². The molecule has 2 heterocycles. The Labute approximate surface area is 242 Å². The number of benzene rings is 2. The molecule has 1 aliphatic carbocycles. The first-order valence-electron chi connectivity index (χ1n) is 14.9. The number of nitrogens with zero attached hydrogens (tertiary/aromatic N) is 1. The molecule has 6 nitrogen and oxygen atoms in total. The normalized spacial score (nSPS) is 18.6. The molecule has 0 amide bonds. The molecule has 0 bridgehead atoms. The van der Waals surface area contributed by atoms with E-state index < -0.39 is 22.6 Å². The van der Waals surface area contributed by atoms with Crippen LogP contribution in [-0.4, -0.2) is 48.7 Å². The molecule has 220 valence electrons. The number of aliphatic hydroxyl groups is 1. The molecule has 2 N–H and O–H groups in total. The molecule has 0 spiro atoms. The van der Waals surface area contributed by atoms with Gasteiger partial charge >= 0.3 is 5.97 Å². The maximum absolute atomic E-state index is 13.5. The van der Waals surface area contributed by atoms with Crippen molar-refractivity contribution in [2.45, 2.75) is 117 Å². The minimum atomic E-state index is -0.964. The average molecular weight is 570 g/mol. The highest BCUT2D eigenvalue weighted by Crippen LogP contribution is 2.42. The highest BCUT2D eigenvalue weighted by Gasteiger charge is 2.32. The van der Waals surface area contributed by atoms with Crippen molar-refractivity contribution >= 4 is 17.0 Å². The van der Waals surface area contributed by atoms with Crippen LogP contribution in [0, 0.1) is 20.8 Å². The van der Waals surface area contributed by atoms with Crippen molar-refractivity contribution in [2.24, 2.45) is 0 Å². The summed E-state index contributed by atoms with van der Waals surface area (Å²) in [5.74, 6) is 0.155. The lowest BCUT2D eigenvalue weighted by Gasteiger charge is -2.35. The number of hydrogen-bond acceptors (Lipinski definition) is 4. The molecule has 3 aliphatic rings. The van der Waals surface area contributed by atoms with Gasteiger partial charge in [0.15, 0.2) is 0 Å². The minimum absolute atomic E-state index is 0.0139. The number of hydrogen-bond donors (Lipinski definition) is 2. The molecular formula is C33H47NO5S. The van der Waals surface area contributed by atoms with Gasteiger partial charge in [0.25, 0.3) is 0 Å². The third kappa shape index (κ3) is 6.97. The number of carbonyl (C=O) groups is 1. The Kier molecular flexibility index (Phi) is 9.79. The number of fused-ring (bicyclic) bond motifs is 2. The van der Waals surface area contributed by atoms with Crippen molar-refractivity contribution in [3.8, 4) is 16.9 Å². The van der Waals surface area contributed by atoms with E-state index in [1.165, 1.54) is 41.5 Å².